The number of ether oxygens (including phenoxy) is 1. The summed E-state index contributed by atoms with van der Waals surface area (Å²) in [5.41, 5.74) is 1.94. The zero-order valence-electron chi connectivity index (χ0n) is 13.4. The molecule has 0 fully saturated rings. The van der Waals surface area contributed by atoms with E-state index in [4.69, 9.17) is 4.74 Å². The van der Waals surface area contributed by atoms with Crippen molar-refractivity contribution in [3.8, 4) is 0 Å². The molecule has 0 unspecified atom stereocenters. The Balaban J connectivity index is 2.52. The molecule has 1 rings (SSSR count). The first-order valence-electron chi connectivity index (χ1n) is 7.38. The molecular formula is C17H27NO2. The van der Waals surface area contributed by atoms with Gasteiger partial charge in [0, 0.05) is 6.54 Å². The van der Waals surface area contributed by atoms with Crippen molar-refractivity contribution in [2.24, 2.45) is 0 Å². The van der Waals surface area contributed by atoms with Gasteiger partial charge in [-0.2, -0.15) is 0 Å². The second-order valence-corrected chi connectivity index (χ2v) is 5.99. The number of nitrogens with zero attached hydrogens (tertiary/aromatic N) is 1. The monoisotopic (exact) mass is 277 g/mol. The topological polar surface area (TPSA) is 29.5 Å². The zero-order valence-corrected chi connectivity index (χ0v) is 13.4. The lowest BCUT2D eigenvalue weighted by Crippen LogP contribution is -2.27. The van der Waals surface area contributed by atoms with Gasteiger partial charge >= 0.3 is 5.97 Å². The van der Waals surface area contributed by atoms with Crippen molar-refractivity contribution in [3.05, 3.63) is 35.4 Å². The first kappa shape index (κ1) is 16.7. The maximum atomic E-state index is 11.9. The van der Waals surface area contributed by atoms with Gasteiger partial charge < -0.3 is 9.64 Å². The number of hydrogen-bond donors (Lipinski definition) is 0. The molecule has 0 saturated heterocycles. The lowest BCUT2D eigenvalue weighted by Gasteiger charge is -2.19. The van der Waals surface area contributed by atoms with E-state index in [1.165, 1.54) is 5.56 Å². The molecule has 3 nitrogen and oxygen atoms in total. The lowest BCUT2D eigenvalue weighted by molar-refractivity contribution is 0.0466. The zero-order chi connectivity index (χ0) is 15.2. The molecule has 0 aliphatic heterocycles. The largest absolute Gasteiger partial charge is 0.461 e. The van der Waals surface area contributed by atoms with Crippen LogP contribution in [0.5, 0.6) is 0 Å². The van der Waals surface area contributed by atoms with E-state index in [1.807, 2.05) is 24.3 Å². The van der Waals surface area contributed by atoms with Gasteiger partial charge in [0.2, 0.25) is 0 Å². The van der Waals surface area contributed by atoms with Gasteiger partial charge in [-0.1, -0.05) is 46.8 Å². The molecule has 112 valence electrons. The average molecular weight is 277 g/mol. The Bertz CT molecular complexity index is 414. The Morgan fingerprint density at radius 3 is 2.10 bits per heavy atom. The van der Waals surface area contributed by atoms with E-state index in [0.717, 1.165) is 19.6 Å². The standard InChI is InChI=1S/C17H27NO2/c1-6-18(7-2)12-13-20-16(19)14-8-10-15(11-9-14)17(3,4)5/h8-11H,6-7,12-13H2,1-5H3. The number of carbonyl (C=O) groups excluding carboxylic acids is 1. The molecule has 0 aromatic heterocycles. The highest BCUT2D eigenvalue weighted by atomic mass is 16.5. The summed E-state index contributed by atoms with van der Waals surface area (Å²) in [5.74, 6) is -0.238. The van der Waals surface area contributed by atoms with Gasteiger partial charge in [-0.3, -0.25) is 0 Å². The van der Waals surface area contributed by atoms with Gasteiger partial charge in [-0.05, 0) is 36.2 Å². The fourth-order valence-electron chi connectivity index (χ4n) is 2.00. The summed E-state index contributed by atoms with van der Waals surface area (Å²) >= 11 is 0. The second-order valence-electron chi connectivity index (χ2n) is 5.99. The van der Waals surface area contributed by atoms with Crippen LogP contribution in [0.2, 0.25) is 0 Å². The Hall–Kier alpha value is -1.35. The van der Waals surface area contributed by atoms with Crippen molar-refractivity contribution in [3.63, 3.8) is 0 Å². The van der Waals surface area contributed by atoms with E-state index in [-0.39, 0.29) is 11.4 Å². The third-order valence-electron chi connectivity index (χ3n) is 3.52. The summed E-state index contributed by atoms with van der Waals surface area (Å²) in [4.78, 5) is 14.2. The predicted molar refractivity (Wildman–Crippen MR) is 83.2 cm³/mol. The highest BCUT2D eigenvalue weighted by Gasteiger charge is 2.14. The van der Waals surface area contributed by atoms with E-state index in [0.29, 0.717) is 12.2 Å². The minimum atomic E-state index is -0.238. The maximum absolute atomic E-state index is 11.9. The van der Waals surface area contributed by atoms with Crippen LogP contribution >= 0.6 is 0 Å². The van der Waals surface area contributed by atoms with Crippen LogP contribution in [0.4, 0.5) is 0 Å². The molecule has 0 heterocycles. The number of hydrogen-bond acceptors (Lipinski definition) is 3. The Morgan fingerprint density at radius 1 is 1.10 bits per heavy atom. The fraction of sp³-hybridized carbons (Fsp3) is 0.588. The molecule has 0 aliphatic carbocycles. The Kier molecular flexibility index (Phi) is 6.21. The van der Waals surface area contributed by atoms with Gasteiger partial charge in [0.15, 0.2) is 0 Å². The summed E-state index contributed by atoms with van der Waals surface area (Å²) < 4.78 is 5.31. The molecule has 0 aliphatic rings. The van der Waals surface area contributed by atoms with Crippen molar-refractivity contribution >= 4 is 5.97 Å². The van der Waals surface area contributed by atoms with Crippen LogP contribution in [0.25, 0.3) is 0 Å². The third-order valence-corrected chi connectivity index (χ3v) is 3.52. The number of benzene rings is 1. The van der Waals surface area contributed by atoms with Crippen molar-refractivity contribution < 1.29 is 9.53 Å². The third kappa shape index (κ3) is 4.97. The molecule has 20 heavy (non-hydrogen) atoms. The molecule has 1 aromatic carbocycles. The quantitative estimate of drug-likeness (QED) is 0.746. The van der Waals surface area contributed by atoms with E-state index < -0.39 is 0 Å². The van der Waals surface area contributed by atoms with Crippen LogP contribution in [0.3, 0.4) is 0 Å². The van der Waals surface area contributed by atoms with Crippen molar-refractivity contribution in [1.82, 2.24) is 4.90 Å². The van der Waals surface area contributed by atoms with Crippen molar-refractivity contribution in [2.75, 3.05) is 26.2 Å². The van der Waals surface area contributed by atoms with Crippen LogP contribution < -0.4 is 0 Å². The Morgan fingerprint density at radius 2 is 1.65 bits per heavy atom. The molecule has 0 radical (unpaired) electrons. The molecule has 0 saturated carbocycles. The van der Waals surface area contributed by atoms with Gasteiger partial charge in [0.05, 0.1) is 5.56 Å². The van der Waals surface area contributed by atoms with Crippen molar-refractivity contribution in [1.29, 1.82) is 0 Å². The molecule has 3 heteroatoms. The van der Waals surface area contributed by atoms with Gasteiger partial charge in [-0.15, -0.1) is 0 Å². The highest BCUT2D eigenvalue weighted by molar-refractivity contribution is 5.89. The second kappa shape index (κ2) is 7.44. The molecule has 1 aromatic rings. The van der Waals surface area contributed by atoms with Crippen LogP contribution in [0.1, 0.15) is 50.5 Å². The summed E-state index contributed by atoms with van der Waals surface area (Å²) in [6, 6.07) is 7.70. The van der Waals surface area contributed by atoms with Crippen LogP contribution in [-0.2, 0) is 10.2 Å². The maximum Gasteiger partial charge on any atom is 0.338 e. The van der Waals surface area contributed by atoms with Crippen LogP contribution in [0.15, 0.2) is 24.3 Å². The minimum Gasteiger partial charge on any atom is -0.461 e. The summed E-state index contributed by atoms with van der Waals surface area (Å²) in [6.07, 6.45) is 0. The van der Waals surface area contributed by atoms with Gasteiger partial charge in [0.25, 0.3) is 0 Å². The average Bonchev–Trinajstić information content (AvgIpc) is 2.42. The lowest BCUT2D eigenvalue weighted by atomic mass is 9.87. The van der Waals surface area contributed by atoms with E-state index in [1.54, 1.807) is 0 Å². The fourth-order valence-corrected chi connectivity index (χ4v) is 2.00. The Labute approximate surface area is 122 Å². The normalized spacial score (nSPS) is 11.7. The first-order valence-corrected chi connectivity index (χ1v) is 7.38. The van der Waals surface area contributed by atoms with Gasteiger partial charge in [0.1, 0.15) is 6.61 Å². The number of likely N-dealkylation sites (N-methyl/N-ethyl adjacent to an activating group) is 1. The van der Waals surface area contributed by atoms with Gasteiger partial charge in [-0.25, -0.2) is 4.79 Å². The molecule has 0 N–H and O–H groups in total. The number of rotatable bonds is 6. The molecule has 0 amide bonds. The smallest absolute Gasteiger partial charge is 0.338 e. The van der Waals surface area contributed by atoms with E-state index >= 15 is 0 Å². The molecule has 0 atom stereocenters. The van der Waals surface area contributed by atoms with E-state index in [9.17, 15) is 4.79 Å². The summed E-state index contributed by atoms with van der Waals surface area (Å²) in [5, 5.41) is 0. The molecular weight excluding hydrogens is 250 g/mol. The summed E-state index contributed by atoms with van der Waals surface area (Å²) in [7, 11) is 0. The number of esters is 1. The summed E-state index contributed by atoms with van der Waals surface area (Å²) in [6.45, 7) is 13.9. The van der Waals surface area contributed by atoms with Crippen LogP contribution in [-0.4, -0.2) is 37.1 Å². The highest BCUT2D eigenvalue weighted by Crippen LogP contribution is 2.22. The predicted octanol–water partition coefficient (Wildman–Crippen LogP) is 3.48. The SMILES string of the molecule is CCN(CC)CCOC(=O)c1ccc(C(C)(C)C)cc1. The minimum absolute atomic E-state index is 0.102. The van der Waals surface area contributed by atoms with Crippen LogP contribution in [0, 0.1) is 0 Å². The molecule has 0 bridgehead atoms. The van der Waals surface area contributed by atoms with E-state index in [2.05, 4.69) is 39.5 Å². The number of carbonyl (C=O) groups is 1. The molecule has 0 spiro atoms. The van der Waals surface area contributed by atoms with Crippen molar-refractivity contribution in [2.45, 2.75) is 40.0 Å². The first-order chi connectivity index (χ1) is 9.38.